The molecule has 2 aliphatic carbocycles. The fourth-order valence-electron chi connectivity index (χ4n) is 12.0. The highest BCUT2D eigenvalue weighted by atomic mass is 15.1. The normalized spacial score (nSPS) is 20.0. The van der Waals surface area contributed by atoms with Gasteiger partial charge in [-0.25, -0.2) is 9.97 Å². The number of aromatic nitrogens is 3. The highest BCUT2D eigenvalue weighted by Crippen LogP contribution is 2.56. The first-order valence-electron chi connectivity index (χ1n) is 20.6. The summed E-state index contributed by atoms with van der Waals surface area (Å²) in [5.74, 6) is 1.04. The number of hydrogen-bond donors (Lipinski definition) is 0. The lowest BCUT2D eigenvalue weighted by atomic mass is 9.30. The van der Waals surface area contributed by atoms with Gasteiger partial charge in [0.25, 0.3) is 6.71 Å². The van der Waals surface area contributed by atoms with Crippen LogP contribution in [0.1, 0.15) is 126 Å². The van der Waals surface area contributed by atoms with E-state index in [0.717, 1.165) is 11.5 Å². The van der Waals surface area contributed by atoms with Crippen LogP contribution < -0.4 is 16.4 Å². The number of hydrogen-bond acceptors (Lipinski definition) is 2. The van der Waals surface area contributed by atoms with Crippen molar-refractivity contribution in [3.8, 4) is 5.82 Å². The smallest absolute Gasteiger partial charge is 0.251 e. The topological polar surface area (TPSA) is 30.7 Å². The summed E-state index contributed by atoms with van der Waals surface area (Å²) in [4.78, 5) is 10.8. The summed E-state index contributed by atoms with van der Waals surface area (Å²) in [6.45, 7) is 20.0. The van der Waals surface area contributed by atoms with E-state index < -0.39 is 5.41 Å². The zero-order chi connectivity index (χ0) is 37.9. The predicted molar refractivity (Wildman–Crippen MR) is 230 cm³/mol. The molecule has 0 bridgehead atoms. The first-order valence-corrected chi connectivity index (χ1v) is 20.6. The molecule has 0 atom stereocenters. The molecule has 4 aliphatic rings. The van der Waals surface area contributed by atoms with Crippen molar-refractivity contribution in [2.45, 2.75) is 108 Å². The lowest BCUT2D eigenvalue weighted by Crippen LogP contribution is -2.65. The number of benzene rings is 5. The number of rotatable bonds is 2. The van der Waals surface area contributed by atoms with Gasteiger partial charge in [-0.15, -0.1) is 0 Å². The van der Waals surface area contributed by atoms with Crippen molar-refractivity contribution in [3.63, 3.8) is 0 Å². The quantitative estimate of drug-likeness (QED) is 0.167. The van der Waals surface area contributed by atoms with Crippen LogP contribution in [0, 0.1) is 0 Å². The molecule has 5 aromatic carbocycles. The SMILES string of the molecule is CC1(C)CCC(C)(C)c2c1ccc1c2c2c3c(cc4c2n1-c1ncnc2c1B4c1ccccc1C2(c1ccccc1)c1ccccc1)C(C)(C)CCC3(C)C. The van der Waals surface area contributed by atoms with E-state index in [1.807, 2.05) is 6.33 Å². The molecule has 0 unspecified atom stereocenters. The second kappa shape index (κ2) is 10.7. The zero-order valence-electron chi connectivity index (χ0n) is 33.6. The second-order valence-electron chi connectivity index (χ2n) is 19.8. The predicted octanol–water partition coefficient (Wildman–Crippen LogP) is 9.80. The van der Waals surface area contributed by atoms with E-state index in [0.29, 0.717) is 0 Å². The fraction of sp³-hybridized carbons (Fsp3) is 0.333. The van der Waals surface area contributed by atoms with Crippen LogP contribution in [0.25, 0.3) is 27.6 Å². The molecule has 4 heteroatoms. The Hall–Kier alpha value is -4.96. The van der Waals surface area contributed by atoms with Crippen LogP contribution in [-0.2, 0) is 27.1 Å². The van der Waals surface area contributed by atoms with Crippen molar-refractivity contribution in [1.29, 1.82) is 0 Å². The summed E-state index contributed by atoms with van der Waals surface area (Å²) in [5, 5.41) is 2.94. The molecule has 0 saturated carbocycles. The Balaban J connectivity index is 1.40. The Bertz CT molecular complexity index is 2730. The van der Waals surface area contributed by atoms with E-state index in [2.05, 4.69) is 163 Å². The molecular formula is C51H50BN3. The molecule has 0 amide bonds. The van der Waals surface area contributed by atoms with Gasteiger partial charge in [-0.2, -0.15) is 0 Å². The van der Waals surface area contributed by atoms with E-state index in [-0.39, 0.29) is 28.4 Å². The van der Waals surface area contributed by atoms with Gasteiger partial charge in [-0.3, -0.25) is 4.57 Å². The summed E-state index contributed by atoms with van der Waals surface area (Å²) in [6.07, 6.45) is 6.57. The van der Waals surface area contributed by atoms with Crippen LogP contribution in [-0.4, -0.2) is 21.2 Å². The Kier molecular flexibility index (Phi) is 6.47. The maximum atomic E-state index is 5.45. The second-order valence-corrected chi connectivity index (χ2v) is 19.8. The van der Waals surface area contributed by atoms with Gasteiger partial charge >= 0.3 is 0 Å². The minimum absolute atomic E-state index is 0.00585. The largest absolute Gasteiger partial charge is 0.295 e. The minimum atomic E-state index is -0.622. The summed E-state index contributed by atoms with van der Waals surface area (Å²) < 4.78 is 2.60. The number of nitrogens with zero attached hydrogens (tertiary/aromatic N) is 3. The van der Waals surface area contributed by atoms with Crippen LogP contribution in [0.15, 0.2) is 109 Å². The molecule has 0 saturated heterocycles. The van der Waals surface area contributed by atoms with Gasteiger partial charge in [0.1, 0.15) is 12.1 Å². The highest BCUT2D eigenvalue weighted by Gasteiger charge is 2.54. The molecule has 0 fully saturated rings. The molecular weight excluding hydrogens is 665 g/mol. The maximum Gasteiger partial charge on any atom is 0.251 e. The third-order valence-electron chi connectivity index (χ3n) is 14.9. The van der Waals surface area contributed by atoms with E-state index >= 15 is 0 Å². The first kappa shape index (κ1) is 33.4. The molecule has 55 heavy (non-hydrogen) atoms. The molecule has 4 heterocycles. The lowest BCUT2D eigenvalue weighted by molar-refractivity contribution is 0.333. The van der Waals surface area contributed by atoms with Gasteiger partial charge in [0, 0.05) is 10.8 Å². The van der Waals surface area contributed by atoms with Crippen LogP contribution in [0.3, 0.4) is 0 Å². The van der Waals surface area contributed by atoms with Gasteiger partial charge < -0.3 is 0 Å². The summed E-state index contributed by atoms with van der Waals surface area (Å²) in [5.41, 5.74) is 17.2. The zero-order valence-corrected chi connectivity index (χ0v) is 33.6. The molecule has 2 aliphatic heterocycles. The van der Waals surface area contributed by atoms with Crippen molar-refractivity contribution in [2.24, 2.45) is 0 Å². The van der Waals surface area contributed by atoms with Gasteiger partial charge in [0.2, 0.25) is 0 Å². The molecule has 3 nitrogen and oxygen atoms in total. The van der Waals surface area contributed by atoms with Crippen LogP contribution in [0.2, 0.25) is 0 Å². The van der Waals surface area contributed by atoms with Gasteiger partial charge in [0.05, 0.1) is 22.1 Å². The third-order valence-corrected chi connectivity index (χ3v) is 14.9. The lowest BCUT2D eigenvalue weighted by Gasteiger charge is -2.46. The number of fused-ring (bicyclic) bond motifs is 11. The first-order chi connectivity index (χ1) is 26.3. The average molecular weight is 716 g/mol. The van der Waals surface area contributed by atoms with Crippen LogP contribution in [0.5, 0.6) is 0 Å². The molecule has 272 valence electrons. The average Bonchev–Trinajstić information content (AvgIpc) is 3.53. The minimum Gasteiger partial charge on any atom is -0.295 e. The van der Waals surface area contributed by atoms with Gasteiger partial charge in [0.15, 0.2) is 0 Å². The van der Waals surface area contributed by atoms with E-state index in [4.69, 9.17) is 9.97 Å². The van der Waals surface area contributed by atoms with Crippen molar-refractivity contribution in [2.75, 3.05) is 0 Å². The van der Waals surface area contributed by atoms with Gasteiger partial charge in [-0.05, 0) is 103 Å². The standard InChI is InChI=1S/C51H50BN3/c1-47(2)25-27-49(5,6)41-34(47)23-24-38-39(41)40-42-35(48(3,4)26-28-50(42,7)8)29-37-44(40)55(38)46-43-45(53-30-54-46)51(31-17-11-9-12-18-31,32-19-13-10-14-20-32)33-21-15-16-22-36(33)52(37)43/h9-24,29-30H,25-28H2,1-8H3. The van der Waals surface area contributed by atoms with Gasteiger partial charge in [-0.1, -0.05) is 158 Å². The highest BCUT2D eigenvalue weighted by molar-refractivity contribution is 6.99. The molecule has 11 rings (SSSR count). The third kappa shape index (κ3) is 4.08. The van der Waals surface area contributed by atoms with Crippen molar-refractivity contribution >= 4 is 44.9 Å². The van der Waals surface area contributed by atoms with E-state index in [9.17, 15) is 0 Å². The Morgan fingerprint density at radius 3 is 1.75 bits per heavy atom. The van der Waals surface area contributed by atoms with Crippen LogP contribution in [0.4, 0.5) is 0 Å². The molecule has 0 radical (unpaired) electrons. The molecule has 7 aromatic rings. The van der Waals surface area contributed by atoms with Crippen LogP contribution >= 0.6 is 0 Å². The van der Waals surface area contributed by atoms with E-state index in [1.54, 1.807) is 11.1 Å². The summed E-state index contributed by atoms with van der Waals surface area (Å²) in [6, 6.07) is 39.1. The van der Waals surface area contributed by atoms with Crippen molar-refractivity contribution in [1.82, 2.24) is 14.5 Å². The van der Waals surface area contributed by atoms with E-state index in [1.165, 1.54) is 91.7 Å². The monoisotopic (exact) mass is 715 g/mol. The van der Waals surface area contributed by atoms with Crippen molar-refractivity contribution < 1.29 is 0 Å². The summed E-state index contributed by atoms with van der Waals surface area (Å²) in [7, 11) is 0. The molecule has 0 spiro atoms. The molecule has 2 aromatic heterocycles. The van der Waals surface area contributed by atoms with Crippen molar-refractivity contribution in [3.05, 3.63) is 154 Å². The Morgan fingerprint density at radius 1 is 0.527 bits per heavy atom. The maximum absolute atomic E-state index is 5.45. The Morgan fingerprint density at radius 2 is 1.09 bits per heavy atom. The summed E-state index contributed by atoms with van der Waals surface area (Å²) >= 11 is 0. The fourth-order valence-corrected chi connectivity index (χ4v) is 12.0. The molecule has 0 N–H and O–H groups in total. The Labute approximate surface area is 326 Å².